The lowest BCUT2D eigenvalue weighted by atomic mass is 10.0. The number of rotatable bonds is 5. The molecule has 0 fully saturated rings. The largest absolute Gasteiger partial charge is 0.330 e. The summed E-state index contributed by atoms with van der Waals surface area (Å²) in [4.78, 5) is 0. The Morgan fingerprint density at radius 1 is 1.62 bits per heavy atom. The van der Waals surface area contributed by atoms with Crippen molar-refractivity contribution < 1.29 is 0 Å². The normalized spacial score (nSPS) is 13.2. The number of hydrogen-bond acceptors (Lipinski definition) is 2. The molecule has 0 saturated carbocycles. The van der Waals surface area contributed by atoms with Crippen molar-refractivity contribution in [1.82, 2.24) is 9.78 Å². The van der Waals surface area contributed by atoms with Crippen molar-refractivity contribution in [2.45, 2.75) is 33.2 Å². The predicted octanol–water partition coefficient (Wildman–Crippen LogP) is 1.43. The van der Waals surface area contributed by atoms with E-state index in [4.69, 9.17) is 5.73 Å². The highest BCUT2D eigenvalue weighted by Gasteiger charge is 2.04. The maximum absolute atomic E-state index is 5.49. The number of nitrogens with zero attached hydrogens (tertiary/aromatic N) is 2. The minimum Gasteiger partial charge on any atom is -0.330 e. The Morgan fingerprint density at radius 2 is 2.38 bits per heavy atom. The molecule has 0 bridgehead atoms. The van der Waals surface area contributed by atoms with E-state index < -0.39 is 0 Å². The number of hydrogen-bond donors (Lipinski definition) is 1. The minimum atomic E-state index is 0.666. The van der Waals surface area contributed by atoms with Gasteiger partial charge in [-0.2, -0.15) is 5.10 Å². The summed E-state index contributed by atoms with van der Waals surface area (Å²) in [6, 6.07) is 0. The fraction of sp³-hybridized carbons (Fsp3) is 0.700. The standard InChI is InChI=1S/C10H19N3/c1-3-13-8-10(7-12-13)6-9(2)4-5-11/h7-9H,3-6,11H2,1-2H3. The molecule has 2 N–H and O–H groups in total. The highest BCUT2D eigenvalue weighted by molar-refractivity contribution is 5.04. The molecule has 0 aliphatic carbocycles. The maximum Gasteiger partial charge on any atom is 0.0521 e. The fourth-order valence-electron chi connectivity index (χ4n) is 1.47. The lowest BCUT2D eigenvalue weighted by Gasteiger charge is -2.06. The van der Waals surface area contributed by atoms with Crippen LogP contribution in [0.3, 0.4) is 0 Å². The van der Waals surface area contributed by atoms with Crippen molar-refractivity contribution in [3.8, 4) is 0 Å². The highest BCUT2D eigenvalue weighted by atomic mass is 15.3. The van der Waals surface area contributed by atoms with Crippen molar-refractivity contribution in [2.75, 3.05) is 6.54 Å². The van der Waals surface area contributed by atoms with E-state index >= 15 is 0 Å². The summed E-state index contributed by atoms with van der Waals surface area (Å²) >= 11 is 0. The molecule has 1 atom stereocenters. The smallest absolute Gasteiger partial charge is 0.0521 e. The quantitative estimate of drug-likeness (QED) is 0.746. The summed E-state index contributed by atoms with van der Waals surface area (Å²) in [7, 11) is 0. The van der Waals surface area contributed by atoms with E-state index in [0.717, 1.165) is 25.9 Å². The molecular weight excluding hydrogens is 162 g/mol. The van der Waals surface area contributed by atoms with Gasteiger partial charge in [0, 0.05) is 12.7 Å². The van der Waals surface area contributed by atoms with E-state index in [-0.39, 0.29) is 0 Å². The molecule has 3 nitrogen and oxygen atoms in total. The van der Waals surface area contributed by atoms with Gasteiger partial charge in [0.05, 0.1) is 6.20 Å². The lowest BCUT2D eigenvalue weighted by molar-refractivity contribution is 0.538. The first kappa shape index (κ1) is 10.3. The zero-order chi connectivity index (χ0) is 9.68. The van der Waals surface area contributed by atoms with E-state index in [1.807, 2.05) is 10.9 Å². The second-order valence-corrected chi connectivity index (χ2v) is 3.59. The van der Waals surface area contributed by atoms with Gasteiger partial charge in [0.2, 0.25) is 0 Å². The Hall–Kier alpha value is -0.830. The molecule has 1 rings (SSSR count). The molecule has 13 heavy (non-hydrogen) atoms. The Morgan fingerprint density at radius 3 is 2.92 bits per heavy atom. The first-order valence-electron chi connectivity index (χ1n) is 4.97. The lowest BCUT2D eigenvalue weighted by Crippen LogP contribution is -2.07. The van der Waals surface area contributed by atoms with Gasteiger partial charge in [-0.05, 0) is 37.8 Å². The van der Waals surface area contributed by atoms with Crippen molar-refractivity contribution in [3.05, 3.63) is 18.0 Å². The molecule has 0 spiro atoms. The summed E-state index contributed by atoms with van der Waals surface area (Å²) in [5.74, 6) is 0.666. The third kappa shape index (κ3) is 3.19. The molecule has 3 heteroatoms. The van der Waals surface area contributed by atoms with Crippen LogP contribution in [0.15, 0.2) is 12.4 Å². The summed E-state index contributed by atoms with van der Waals surface area (Å²) in [6.45, 7) is 6.06. The van der Waals surface area contributed by atoms with E-state index in [2.05, 4.69) is 25.1 Å². The second-order valence-electron chi connectivity index (χ2n) is 3.59. The summed E-state index contributed by atoms with van der Waals surface area (Å²) in [5.41, 5.74) is 6.82. The SMILES string of the molecule is CCn1cc(CC(C)CCN)cn1. The Labute approximate surface area is 79.9 Å². The van der Waals surface area contributed by atoms with Gasteiger partial charge in [-0.3, -0.25) is 4.68 Å². The van der Waals surface area contributed by atoms with Crippen LogP contribution in [0.4, 0.5) is 0 Å². The van der Waals surface area contributed by atoms with Crippen LogP contribution in [-0.2, 0) is 13.0 Å². The Balaban J connectivity index is 2.44. The van der Waals surface area contributed by atoms with Crippen molar-refractivity contribution >= 4 is 0 Å². The van der Waals surface area contributed by atoms with Crippen LogP contribution in [0.5, 0.6) is 0 Å². The molecule has 1 unspecified atom stereocenters. The van der Waals surface area contributed by atoms with Crippen LogP contribution < -0.4 is 5.73 Å². The summed E-state index contributed by atoms with van der Waals surface area (Å²) in [5, 5.41) is 4.23. The molecule has 0 amide bonds. The average molecular weight is 181 g/mol. The number of nitrogens with two attached hydrogens (primary N) is 1. The monoisotopic (exact) mass is 181 g/mol. The van der Waals surface area contributed by atoms with Crippen LogP contribution in [0, 0.1) is 5.92 Å². The van der Waals surface area contributed by atoms with Crippen LogP contribution in [0.2, 0.25) is 0 Å². The first-order valence-corrected chi connectivity index (χ1v) is 4.97. The number of aryl methyl sites for hydroxylation is 1. The van der Waals surface area contributed by atoms with E-state index in [9.17, 15) is 0 Å². The van der Waals surface area contributed by atoms with Gasteiger partial charge in [0.15, 0.2) is 0 Å². The van der Waals surface area contributed by atoms with E-state index in [0.29, 0.717) is 5.92 Å². The molecule has 0 radical (unpaired) electrons. The highest BCUT2D eigenvalue weighted by Crippen LogP contribution is 2.10. The molecular formula is C10H19N3. The summed E-state index contributed by atoms with van der Waals surface area (Å²) in [6.07, 6.45) is 6.26. The van der Waals surface area contributed by atoms with Gasteiger partial charge in [-0.15, -0.1) is 0 Å². The number of aromatic nitrogens is 2. The van der Waals surface area contributed by atoms with Crippen LogP contribution in [0.1, 0.15) is 25.8 Å². The van der Waals surface area contributed by atoms with Crippen LogP contribution in [0.25, 0.3) is 0 Å². The van der Waals surface area contributed by atoms with E-state index in [1.165, 1.54) is 5.56 Å². The fourth-order valence-corrected chi connectivity index (χ4v) is 1.47. The summed E-state index contributed by atoms with van der Waals surface area (Å²) < 4.78 is 1.96. The molecule has 1 heterocycles. The molecule has 0 saturated heterocycles. The molecule has 1 aromatic heterocycles. The van der Waals surface area contributed by atoms with Crippen LogP contribution >= 0.6 is 0 Å². The van der Waals surface area contributed by atoms with Gasteiger partial charge in [-0.25, -0.2) is 0 Å². The van der Waals surface area contributed by atoms with Gasteiger partial charge in [-0.1, -0.05) is 6.92 Å². The third-order valence-corrected chi connectivity index (χ3v) is 2.25. The molecule has 0 aliphatic rings. The maximum atomic E-state index is 5.49. The van der Waals surface area contributed by atoms with Crippen molar-refractivity contribution in [2.24, 2.45) is 11.7 Å². The zero-order valence-corrected chi connectivity index (χ0v) is 8.53. The van der Waals surface area contributed by atoms with Crippen LogP contribution in [-0.4, -0.2) is 16.3 Å². The molecule has 1 aromatic rings. The third-order valence-electron chi connectivity index (χ3n) is 2.25. The van der Waals surface area contributed by atoms with Gasteiger partial charge in [0.1, 0.15) is 0 Å². The van der Waals surface area contributed by atoms with Gasteiger partial charge in [0.25, 0.3) is 0 Å². The Kier molecular flexibility index (Phi) is 3.96. The van der Waals surface area contributed by atoms with Crippen molar-refractivity contribution in [3.63, 3.8) is 0 Å². The molecule has 0 aromatic carbocycles. The molecule has 74 valence electrons. The predicted molar refractivity (Wildman–Crippen MR) is 54.4 cm³/mol. The topological polar surface area (TPSA) is 43.8 Å². The van der Waals surface area contributed by atoms with Gasteiger partial charge >= 0.3 is 0 Å². The van der Waals surface area contributed by atoms with Gasteiger partial charge < -0.3 is 5.73 Å². The Bertz CT molecular complexity index is 242. The van der Waals surface area contributed by atoms with E-state index in [1.54, 1.807) is 0 Å². The average Bonchev–Trinajstić information content (AvgIpc) is 2.52. The molecule has 0 aliphatic heterocycles. The zero-order valence-electron chi connectivity index (χ0n) is 8.53. The minimum absolute atomic E-state index is 0.666. The first-order chi connectivity index (χ1) is 6.26. The van der Waals surface area contributed by atoms with Crippen molar-refractivity contribution in [1.29, 1.82) is 0 Å². The second kappa shape index (κ2) is 5.02.